The molecule has 0 saturated heterocycles. The van der Waals surface area contributed by atoms with Crippen molar-refractivity contribution < 1.29 is 4.39 Å². The van der Waals surface area contributed by atoms with Gasteiger partial charge in [-0.15, -0.1) is 6.42 Å². The molecule has 3 nitrogen and oxygen atoms in total. The number of hydrogen-bond donors (Lipinski definition) is 2. The predicted octanol–water partition coefficient (Wildman–Crippen LogP) is 2.28. The summed E-state index contributed by atoms with van der Waals surface area (Å²) in [5.74, 6) is 2.82. The van der Waals surface area contributed by atoms with Crippen LogP contribution < -0.4 is 10.6 Å². The third-order valence-electron chi connectivity index (χ3n) is 2.12. The lowest BCUT2D eigenvalue weighted by Gasteiger charge is -2.09. The van der Waals surface area contributed by atoms with Gasteiger partial charge in [0, 0.05) is 11.0 Å². The number of rotatable bonds is 4. The van der Waals surface area contributed by atoms with Gasteiger partial charge in [-0.1, -0.05) is 21.9 Å². The third-order valence-corrected chi connectivity index (χ3v) is 2.89. The SMILES string of the molecule is C#CCNC(=NCc1cc(F)ccc1Br)NCC. The molecule has 1 aromatic rings. The maximum Gasteiger partial charge on any atom is 0.192 e. The summed E-state index contributed by atoms with van der Waals surface area (Å²) in [6.07, 6.45) is 5.17. The second-order valence-electron chi connectivity index (χ2n) is 3.49. The highest BCUT2D eigenvalue weighted by Gasteiger charge is 2.02. The van der Waals surface area contributed by atoms with Crippen LogP contribution in [-0.4, -0.2) is 19.0 Å². The van der Waals surface area contributed by atoms with Crippen molar-refractivity contribution in [2.24, 2.45) is 4.99 Å². The largest absolute Gasteiger partial charge is 0.357 e. The van der Waals surface area contributed by atoms with E-state index in [9.17, 15) is 4.39 Å². The molecule has 0 spiro atoms. The van der Waals surface area contributed by atoms with Gasteiger partial charge in [-0.3, -0.25) is 0 Å². The zero-order valence-electron chi connectivity index (χ0n) is 10.1. The van der Waals surface area contributed by atoms with E-state index in [0.717, 1.165) is 16.6 Å². The Balaban J connectivity index is 2.74. The van der Waals surface area contributed by atoms with Crippen LogP contribution in [0.1, 0.15) is 12.5 Å². The Hall–Kier alpha value is -1.54. The fraction of sp³-hybridized carbons (Fsp3) is 0.308. The number of nitrogens with zero attached hydrogens (tertiary/aromatic N) is 1. The molecule has 5 heteroatoms. The van der Waals surface area contributed by atoms with Gasteiger partial charge in [-0.25, -0.2) is 9.38 Å². The van der Waals surface area contributed by atoms with Gasteiger partial charge in [0.1, 0.15) is 5.82 Å². The van der Waals surface area contributed by atoms with Crippen LogP contribution in [0.15, 0.2) is 27.7 Å². The number of hydrogen-bond acceptors (Lipinski definition) is 1. The molecule has 0 aliphatic heterocycles. The Morgan fingerprint density at radius 3 is 2.94 bits per heavy atom. The quantitative estimate of drug-likeness (QED) is 0.508. The van der Waals surface area contributed by atoms with Gasteiger partial charge in [0.15, 0.2) is 5.96 Å². The molecule has 0 unspecified atom stereocenters. The summed E-state index contributed by atoms with van der Waals surface area (Å²) in [7, 11) is 0. The van der Waals surface area contributed by atoms with Crippen LogP contribution in [0, 0.1) is 18.2 Å². The molecule has 0 radical (unpaired) electrons. The molecule has 1 rings (SSSR count). The number of terminal acetylenes is 1. The van der Waals surface area contributed by atoms with Crippen molar-refractivity contribution in [1.82, 2.24) is 10.6 Å². The molecule has 96 valence electrons. The maximum absolute atomic E-state index is 13.1. The van der Waals surface area contributed by atoms with Crippen LogP contribution in [0.3, 0.4) is 0 Å². The first-order chi connectivity index (χ1) is 8.67. The second kappa shape index (κ2) is 7.72. The normalized spacial score (nSPS) is 10.9. The molecule has 2 N–H and O–H groups in total. The number of aliphatic imine (C=N–C) groups is 1. The Labute approximate surface area is 115 Å². The first-order valence-corrected chi connectivity index (χ1v) is 6.36. The van der Waals surface area contributed by atoms with E-state index in [0.29, 0.717) is 19.0 Å². The third kappa shape index (κ3) is 4.76. The van der Waals surface area contributed by atoms with Crippen molar-refractivity contribution in [3.8, 4) is 12.3 Å². The van der Waals surface area contributed by atoms with E-state index in [-0.39, 0.29) is 5.82 Å². The highest BCUT2D eigenvalue weighted by atomic mass is 79.9. The number of nitrogens with one attached hydrogen (secondary N) is 2. The lowest BCUT2D eigenvalue weighted by atomic mass is 10.2. The van der Waals surface area contributed by atoms with E-state index in [2.05, 4.69) is 37.5 Å². The summed E-state index contributed by atoms with van der Waals surface area (Å²) in [6.45, 7) is 3.47. The van der Waals surface area contributed by atoms with Gasteiger partial charge in [0.2, 0.25) is 0 Å². The van der Waals surface area contributed by atoms with E-state index in [1.807, 2.05) is 6.92 Å². The first-order valence-electron chi connectivity index (χ1n) is 5.57. The molecule has 0 bridgehead atoms. The molecule has 0 saturated carbocycles. The molecule has 18 heavy (non-hydrogen) atoms. The van der Waals surface area contributed by atoms with Crippen molar-refractivity contribution in [3.05, 3.63) is 34.1 Å². The molecule has 1 aromatic carbocycles. The first kappa shape index (κ1) is 14.5. The molecule has 0 aliphatic rings. The highest BCUT2D eigenvalue weighted by molar-refractivity contribution is 9.10. The minimum atomic E-state index is -0.273. The topological polar surface area (TPSA) is 36.4 Å². The lowest BCUT2D eigenvalue weighted by Crippen LogP contribution is -2.37. The van der Waals surface area contributed by atoms with Gasteiger partial charge in [0.25, 0.3) is 0 Å². The Bertz CT molecular complexity index is 466. The Kier molecular flexibility index (Phi) is 6.23. The number of benzene rings is 1. The zero-order valence-corrected chi connectivity index (χ0v) is 11.7. The summed E-state index contributed by atoms with van der Waals surface area (Å²) in [6, 6.07) is 4.53. The van der Waals surface area contributed by atoms with Crippen LogP contribution in [0.5, 0.6) is 0 Å². The van der Waals surface area contributed by atoms with Crippen LogP contribution in [0.2, 0.25) is 0 Å². The fourth-order valence-corrected chi connectivity index (χ4v) is 1.68. The average Bonchev–Trinajstić information content (AvgIpc) is 2.36. The fourth-order valence-electron chi connectivity index (χ4n) is 1.31. The van der Waals surface area contributed by atoms with Crippen molar-refractivity contribution in [2.75, 3.05) is 13.1 Å². The Morgan fingerprint density at radius 2 is 2.28 bits per heavy atom. The molecule has 0 fully saturated rings. The summed E-state index contributed by atoms with van der Waals surface area (Å²) >= 11 is 3.36. The standard InChI is InChI=1S/C13H15BrFN3/c1-3-7-17-13(16-4-2)18-9-10-8-11(15)5-6-12(10)14/h1,5-6,8H,4,7,9H2,2H3,(H2,16,17,18). The molecule has 0 aliphatic carbocycles. The maximum atomic E-state index is 13.1. The van der Waals surface area contributed by atoms with E-state index in [4.69, 9.17) is 6.42 Å². The van der Waals surface area contributed by atoms with E-state index < -0.39 is 0 Å². The zero-order chi connectivity index (χ0) is 13.4. The average molecular weight is 312 g/mol. The minimum absolute atomic E-state index is 0.273. The van der Waals surface area contributed by atoms with Crippen LogP contribution in [-0.2, 0) is 6.54 Å². The van der Waals surface area contributed by atoms with Gasteiger partial charge in [0.05, 0.1) is 13.1 Å². The summed E-state index contributed by atoms with van der Waals surface area (Å²) in [4.78, 5) is 4.33. The van der Waals surface area contributed by atoms with Gasteiger partial charge in [-0.2, -0.15) is 0 Å². The second-order valence-corrected chi connectivity index (χ2v) is 4.34. The predicted molar refractivity (Wildman–Crippen MR) is 75.8 cm³/mol. The van der Waals surface area contributed by atoms with Gasteiger partial charge < -0.3 is 10.6 Å². The van der Waals surface area contributed by atoms with Crippen LogP contribution in [0.25, 0.3) is 0 Å². The molecule has 0 aromatic heterocycles. The molecular weight excluding hydrogens is 297 g/mol. The molecule has 0 amide bonds. The monoisotopic (exact) mass is 311 g/mol. The summed E-state index contributed by atoms with van der Waals surface area (Å²) < 4.78 is 13.9. The van der Waals surface area contributed by atoms with Gasteiger partial charge in [-0.05, 0) is 30.7 Å². The molecular formula is C13H15BrFN3. The lowest BCUT2D eigenvalue weighted by molar-refractivity contribution is 0.625. The van der Waals surface area contributed by atoms with Gasteiger partial charge >= 0.3 is 0 Å². The number of halogens is 2. The highest BCUT2D eigenvalue weighted by Crippen LogP contribution is 2.18. The van der Waals surface area contributed by atoms with E-state index >= 15 is 0 Å². The van der Waals surface area contributed by atoms with Crippen molar-refractivity contribution in [3.63, 3.8) is 0 Å². The Morgan fingerprint density at radius 1 is 1.50 bits per heavy atom. The summed E-state index contributed by atoms with van der Waals surface area (Å²) in [5, 5.41) is 6.02. The minimum Gasteiger partial charge on any atom is -0.357 e. The van der Waals surface area contributed by atoms with Crippen molar-refractivity contribution in [2.45, 2.75) is 13.5 Å². The van der Waals surface area contributed by atoms with Crippen LogP contribution in [0.4, 0.5) is 4.39 Å². The van der Waals surface area contributed by atoms with Crippen molar-refractivity contribution in [1.29, 1.82) is 0 Å². The van der Waals surface area contributed by atoms with E-state index in [1.54, 1.807) is 6.07 Å². The summed E-state index contributed by atoms with van der Waals surface area (Å²) in [5.41, 5.74) is 0.785. The smallest absolute Gasteiger partial charge is 0.192 e. The molecule has 0 atom stereocenters. The van der Waals surface area contributed by atoms with Crippen molar-refractivity contribution >= 4 is 21.9 Å². The molecule has 0 heterocycles. The van der Waals surface area contributed by atoms with E-state index in [1.165, 1.54) is 12.1 Å². The number of guanidine groups is 1. The van der Waals surface area contributed by atoms with Crippen LogP contribution >= 0.6 is 15.9 Å².